The van der Waals surface area contributed by atoms with Crippen molar-refractivity contribution >= 4 is 34.8 Å². The number of alkyl carbamates (subject to hydrolysis) is 1. The highest BCUT2D eigenvalue weighted by Gasteiger charge is 2.44. The molecule has 3 aromatic carbocycles. The first kappa shape index (κ1) is 46.2. The first-order valence-corrected chi connectivity index (χ1v) is 21.6. The third-order valence-electron chi connectivity index (χ3n) is 11.5. The first-order chi connectivity index (χ1) is 30.0. The summed E-state index contributed by atoms with van der Waals surface area (Å²) in [7, 11) is 1.24. The first-order valence-electron chi connectivity index (χ1n) is 21.6. The highest BCUT2D eigenvalue weighted by Crippen LogP contribution is 2.30. The monoisotopic (exact) mass is 855 g/mol. The molecule has 63 heavy (non-hydrogen) atoms. The van der Waals surface area contributed by atoms with Crippen LogP contribution in [0.15, 0.2) is 116 Å². The Balaban J connectivity index is 1.26. The molecule has 0 saturated carbocycles. The van der Waals surface area contributed by atoms with Crippen molar-refractivity contribution in [1.82, 2.24) is 35.7 Å². The second-order valence-electron chi connectivity index (χ2n) is 18.5. The number of carbonyl (C=O) groups is 4. The Kier molecular flexibility index (Phi) is 14.8. The zero-order chi connectivity index (χ0) is 45.3. The summed E-state index contributed by atoms with van der Waals surface area (Å²) in [6, 6.07) is 29.4. The predicted molar refractivity (Wildman–Crippen MR) is 244 cm³/mol. The molecule has 0 radical (unpaired) electrons. The summed E-state index contributed by atoms with van der Waals surface area (Å²) in [5, 5.41) is 22.2. The molecule has 5 aromatic rings. The number of para-hydroxylation sites is 1. The Morgan fingerprint density at radius 1 is 0.730 bits per heavy atom. The smallest absolute Gasteiger partial charge is 0.407 e. The van der Waals surface area contributed by atoms with Gasteiger partial charge in [0.1, 0.15) is 12.1 Å². The van der Waals surface area contributed by atoms with Crippen LogP contribution in [0.1, 0.15) is 64.7 Å². The SMILES string of the molecule is COC(=O)NC(C(=O)N[C@@H](Cc1ccc(-c2ccccn2)cc1)[C@@H](O)C[C@H](Cc1ccccc1)NC(=O)C(N1CCN(Cc2ccnc3ccccc23)C1=O)C(C)(C)C)C(C)(C)C. The summed E-state index contributed by atoms with van der Waals surface area (Å²) in [6.45, 7) is 12.5. The molecule has 1 fully saturated rings. The van der Waals surface area contributed by atoms with Gasteiger partial charge < -0.3 is 35.6 Å². The maximum Gasteiger partial charge on any atom is 0.407 e. The van der Waals surface area contributed by atoms with Crippen LogP contribution in [0, 0.1) is 10.8 Å². The van der Waals surface area contributed by atoms with Crippen molar-refractivity contribution in [3.05, 3.63) is 132 Å². The van der Waals surface area contributed by atoms with Gasteiger partial charge in [0, 0.05) is 49.0 Å². The van der Waals surface area contributed by atoms with Crippen molar-refractivity contribution in [1.29, 1.82) is 0 Å². The van der Waals surface area contributed by atoms with E-state index in [1.165, 1.54) is 7.11 Å². The van der Waals surface area contributed by atoms with Crippen molar-refractivity contribution in [2.45, 2.75) is 97.6 Å². The van der Waals surface area contributed by atoms with Crippen molar-refractivity contribution < 1.29 is 29.0 Å². The molecular formula is C50H61N7O6. The number of pyridine rings is 2. The number of aromatic nitrogens is 2. The molecule has 4 N–H and O–H groups in total. The van der Waals surface area contributed by atoms with E-state index in [4.69, 9.17) is 4.74 Å². The molecule has 0 spiro atoms. The standard InChI is InChI=1S/C50H61N7O6/c1-49(2,3)43(55-47(61)63-7)45(59)54-41(30-34-20-22-35(23-21-34)39-18-13-14-25-51-39)42(58)31-37(29-33-15-9-8-10-16-33)53-46(60)44(50(4,5)6)57-28-27-56(48(57)62)32-36-24-26-52-40-19-12-11-17-38(36)40/h8-26,37,41-44,58H,27-32H2,1-7H3,(H,53,60)(H,54,59)(H,55,61)/t37-,41-,42-,43?,44?/m0/s1. The van der Waals surface area contributed by atoms with E-state index < -0.39 is 53.1 Å². The largest absolute Gasteiger partial charge is 0.453 e. The van der Waals surface area contributed by atoms with Crippen LogP contribution in [-0.4, -0.2) is 99.3 Å². The highest BCUT2D eigenvalue weighted by atomic mass is 16.5. The predicted octanol–water partition coefficient (Wildman–Crippen LogP) is 6.93. The lowest BCUT2D eigenvalue weighted by atomic mass is 9.84. The van der Waals surface area contributed by atoms with Crippen molar-refractivity contribution in [3.63, 3.8) is 0 Å². The summed E-state index contributed by atoms with van der Waals surface area (Å²) in [5.74, 6) is -0.823. The molecule has 0 bridgehead atoms. The lowest BCUT2D eigenvalue weighted by Gasteiger charge is -2.38. The number of hydrogen-bond acceptors (Lipinski definition) is 8. The van der Waals surface area contributed by atoms with Gasteiger partial charge in [-0.05, 0) is 71.0 Å². The van der Waals surface area contributed by atoms with Crippen molar-refractivity contribution in [2.24, 2.45) is 10.8 Å². The molecule has 1 saturated heterocycles. The Labute approximate surface area is 370 Å². The number of carbonyl (C=O) groups excluding carboxylic acids is 4. The Hall–Kier alpha value is -6.34. The Morgan fingerprint density at radius 2 is 1.41 bits per heavy atom. The number of hydrogen-bond donors (Lipinski definition) is 4. The maximum atomic E-state index is 14.7. The van der Waals surface area contributed by atoms with Crippen molar-refractivity contribution in [2.75, 3.05) is 20.2 Å². The minimum absolute atomic E-state index is 0.0638. The van der Waals surface area contributed by atoms with E-state index in [0.717, 1.165) is 38.9 Å². The molecule has 5 amide bonds. The second-order valence-corrected chi connectivity index (χ2v) is 18.5. The van der Waals surface area contributed by atoms with Gasteiger partial charge in [0.05, 0.1) is 30.5 Å². The summed E-state index contributed by atoms with van der Waals surface area (Å²) in [4.78, 5) is 67.8. The molecule has 332 valence electrons. The van der Waals surface area contributed by atoms with Crippen LogP contribution in [0.4, 0.5) is 9.59 Å². The van der Waals surface area contributed by atoms with Crippen LogP contribution in [0.25, 0.3) is 22.2 Å². The minimum Gasteiger partial charge on any atom is -0.453 e. The molecular weight excluding hydrogens is 795 g/mol. The van der Waals surface area contributed by atoms with Gasteiger partial charge in [0.25, 0.3) is 0 Å². The number of fused-ring (bicyclic) bond motifs is 1. The number of amides is 5. The zero-order valence-electron chi connectivity index (χ0n) is 37.4. The average Bonchev–Trinajstić information content (AvgIpc) is 3.60. The fourth-order valence-electron chi connectivity index (χ4n) is 8.32. The number of rotatable bonds is 16. The number of nitrogens with zero attached hydrogens (tertiary/aromatic N) is 4. The summed E-state index contributed by atoms with van der Waals surface area (Å²) >= 11 is 0. The van der Waals surface area contributed by atoms with Crippen LogP contribution in [0.3, 0.4) is 0 Å². The molecule has 1 aliphatic rings. The fourth-order valence-corrected chi connectivity index (χ4v) is 8.32. The number of methoxy groups -OCH3 is 1. The van der Waals surface area contributed by atoms with Crippen LogP contribution >= 0.6 is 0 Å². The summed E-state index contributed by atoms with van der Waals surface area (Å²) in [6.07, 6.45) is 2.25. The van der Waals surface area contributed by atoms with Crippen LogP contribution in [0.5, 0.6) is 0 Å². The van der Waals surface area contributed by atoms with Gasteiger partial charge in [-0.15, -0.1) is 0 Å². The number of nitrogens with one attached hydrogen (secondary N) is 3. The lowest BCUT2D eigenvalue weighted by Crippen LogP contribution is -2.59. The van der Waals surface area contributed by atoms with E-state index >= 15 is 0 Å². The van der Waals surface area contributed by atoms with Crippen LogP contribution < -0.4 is 16.0 Å². The van der Waals surface area contributed by atoms with Crippen LogP contribution in [-0.2, 0) is 33.7 Å². The average molecular weight is 856 g/mol. The zero-order valence-corrected chi connectivity index (χ0v) is 37.4. The minimum atomic E-state index is -1.16. The maximum absolute atomic E-state index is 14.7. The quantitative estimate of drug-likeness (QED) is 0.0830. The van der Waals surface area contributed by atoms with Crippen molar-refractivity contribution in [3.8, 4) is 11.3 Å². The van der Waals surface area contributed by atoms with Gasteiger partial charge >= 0.3 is 12.1 Å². The lowest BCUT2D eigenvalue weighted by molar-refractivity contribution is -0.130. The van der Waals surface area contributed by atoms with Gasteiger partial charge in [-0.2, -0.15) is 0 Å². The van der Waals surface area contributed by atoms with Crippen LogP contribution in [0.2, 0.25) is 0 Å². The van der Waals surface area contributed by atoms with E-state index in [9.17, 15) is 24.3 Å². The molecule has 13 nitrogen and oxygen atoms in total. The third-order valence-corrected chi connectivity index (χ3v) is 11.5. The molecule has 1 aliphatic heterocycles. The number of urea groups is 1. The summed E-state index contributed by atoms with van der Waals surface area (Å²) < 4.78 is 4.85. The number of ether oxygens (including phenoxy) is 1. The Bertz CT molecular complexity index is 2320. The number of aliphatic hydroxyl groups excluding tert-OH is 1. The van der Waals surface area contributed by atoms with E-state index in [-0.39, 0.29) is 24.8 Å². The molecule has 3 heterocycles. The molecule has 13 heteroatoms. The highest BCUT2D eigenvalue weighted by molar-refractivity contribution is 5.89. The van der Waals surface area contributed by atoms with E-state index in [1.54, 1.807) is 22.2 Å². The van der Waals surface area contributed by atoms with Gasteiger partial charge in [-0.25, -0.2) is 9.59 Å². The van der Waals surface area contributed by atoms with Gasteiger partial charge in [-0.1, -0.05) is 120 Å². The Morgan fingerprint density at radius 3 is 2.08 bits per heavy atom. The van der Waals surface area contributed by atoms with E-state index in [0.29, 0.717) is 26.1 Å². The third kappa shape index (κ3) is 12.0. The van der Waals surface area contributed by atoms with E-state index in [1.807, 2.05) is 145 Å². The van der Waals surface area contributed by atoms with E-state index in [2.05, 4.69) is 25.9 Å². The molecule has 5 atom stereocenters. The molecule has 2 aromatic heterocycles. The molecule has 0 aliphatic carbocycles. The normalized spacial score (nSPS) is 15.6. The second kappa shape index (κ2) is 20.2. The van der Waals surface area contributed by atoms with Gasteiger partial charge in [0.15, 0.2) is 0 Å². The number of benzene rings is 3. The number of aliphatic hydroxyl groups is 1. The van der Waals surface area contributed by atoms with Gasteiger partial charge in [0.2, 0.25) is 11.8 Å². The fraction of sp³-hybridized carbons (Fsp3) is 0.400. The van der Waals surface area contributed by atoms with Gasteiger partial charge in [-0.3, -0.25) is 19.6 Å². The summed E-state index contributed by atoms with van der Waals surface area (Å²) in [5.41, 5.74) is 3.99. The molecule has 6 rings (SSSR count). The topological polar surface area (TPSA) is 166 Å². The molecule has 2 unspecified atom stereocenters.